The Morgan fingerprint density at radius 1 is 0.767 bits per heavy atom. The molecule has 3 aliphatic heterocycles. The first-order valence-corrected chi connectivity index (χ1v) is 9.80. The van der Waals surface area contributed by atoms with Gasteiger partial charge in [-0.2, -0.15) is 0 Å². The summed E-state index contributed by atoms with van der Waals surface area (Å²) in [5.41, 5.74) is 1.87. The number of rotatable bonds is 5. The number of benzene rings is 2. The van der Waals surface area contributed by atoms with Gasteiger partial charge in [-0.05, 0) is 35.4 Å². The van der Waals surface area contributed by atoms with Gasteiger partial charge in [0.2, 0.25) is 18.3 Å². The molecule has 4 atom stereocenters. The lowest BCUT2D eigenvalue weighted by Crippen LogP contribution is -2.14. The zero-order chi connectivity index (χ0) is 20.8. The minimum absolute atomic E-state index is 0.0219. The summed E-state index contributed by atoms with van der Waals surface area (Å²) >= 11 is 0. The summed E-state index contributed by atoms with van der Waals surface area (Å²) in [6.45, 7) is 1.30. The smallest absolute Gasteiger partial charge is 0.231 e. The molecule has 30 heavy (non-hydrogen) atoms. The molecule has 2 saturated heterocycles. The van der Waals surface area contributed by atoms with Gasteiger partial charge >= 0.3 is 0 Å². The third kappa shape index (κ3) is 2.90. The van der Waals surface area contributed by atoms with E-state index in [4.69, 9.17) is 33.2 Å². The van der Waals surface area contributed by atoms with Crippen molar-refractivity contribution in [2.24, 2.45) is 11.8 Å². The van der Waals surface area contributed by atoms with Crippen molar-refractivity contribution in [3.05, 3.63) is 35.4 Å². The molecule has 2 aromatic rings. The molecule has 8 heteroatoms. The molecule has 2 fully saturated rings. The van der Waals surface area contributed by atoms with Gasteiger partial charge in [0.05, 0.1) is 46.8 Å². The zero-order valence-electron chi connectivity index (χ0n) is 17.0. The number of phenolic OH excluding ortho intramolecular Hbond substituents is 1. The molecule has 3 aliphatic rings. The van der Waals surface area contributed by atoms with Crippen molar-refractivity contribution in [3.8, 4) is 34.5 Å². The summed E-state index contributed by atoms with van der Waals surface area (Å²) in [6.07, 6.45) is -0.316. The van der Waals surface area contributed by atoms with Gasteiger partial charge in [-0.15, -0.1) is 0 Å². The summed E-state index contributed by atoms with van der Waals surface area (Å²) in [4.78, 5) is 0. The van der Waals surface area contributed by atoms with Crippen molar-refractivity contribution in [1.82, 2.24) is 0 Å². The molecule has 5 rings (SSSR count). The minimum Gasteiger partial charge on any atom is -0.502 e. The first-order chi connectivity index (χ1) is 14.6. The normalized spacial score (nSPS) is 26.5. The van der Waals surface area contributed by atoms with Crippen molar-refractivity contribution in [3.63, 3.8) is 0 Å². The van der Waals surface area contributed by atoms with Crippen molar-refractivity contribution >= 4 is 0 Å². The molecule has 8 nitrogen and oxygen atoms in total. The number of ether oxygens (including phenoxy) is 7. The molecule has 0 bridgehead atoms. The van der Waals surface area contributed by atoms with E-state index in [2.05, 4.69) is 0 Å². The number of fused-ring (bicyclic) bond motifs is 2. The van der Waals surface area contributed by atoms with E-state index >= 15 is 0 Å². The van der Waals surface area contributed by atoms with E-state index in [1.54, 1.807) is 19.2 Å². The molecule has 0 saturated carbocycles. The molecule has 2 aromatic carbocycles. The predicted octanol–water partition coefficient (Wildman–Crippen LogP) is 3.22. The highest BCUT2D eigenvalue weighted by atomic mass is 16.7. The van der Waals surface area contributed by atoms with Crippen LogP contribution in [0, 0.1) is 11.8 Å². The lowest BCUT2D eigenvalue weighted by Gasteiger charge is -2.19. The number of hydrogen-bond donors (Lipinski definition) is 1. The summed E-state index contributed by atoms with van der Waals surface area (Å²) < 4.78 is 39.5. The van der Waals surface area contributed by atoms with Crippen LogP contribution in [0.25, 0.3) is 0 Å². The van der Waals surface area contributed by atoms with Crippen LogP contribution in [0.2, 0.25) is 0 Å². The highest BCUT2D eigenvalue weighted by molar-refractivity contribution is 5.56. The SMILES string of the molecule is COc1cc(C2OCC3C(c4cc(OC)c5c(c4)OCO5)OCC23)cc(OC)c1O. The fraction of sp³-hybridized carbons (Fsp3) is 0.455. The third-order valence-corrected chi connectivity index (χ3v) is 6.10. The number of phenols is 1. The quantitative estimate of drug-likeness (QED) is 0.795. The molecule has 4 unspecified atom stereocenters. The first kappa shape index (κ1) is 19.1. The average Bonchev–Trinajstić information content (AvgIpc) is 3.49. The van der Waals surface area contributed by atoms with Crippen molar-refractivity contribution in [2.45, 2.75) is 12.2 Å². The zero-order valence-corrected chi connectivity index (χ0v) is 17.0. The fourth-order valence-electron chi connectivity index (χ4n) is 4.63. The molecule has 1 N–H and O–H groups in total. The molecular weight excluding hydrogens is 392 g/mol. The topological polar surface area (TPSA) is 84.8 Å². The van der Waals surface area contributed by atoms with Crippen LogP contribution in [-0.4, -0.2) is 46.4 Å². The molecular formula is C22H24O8. The Balaban J connectivity index is 1.44. The Labute approximate surface area is 174 Å². The molecule has 0 radical (unpaired) electrons. The second-order valence-electron chi connectivity index (χ2n) is 7.57. The Morgan fingerprint density at radius 2 is 1.30 bits per heavy atom. The standard InChI is InChI=1S/C22H24O8/c1-24-15-4-11(5-16(25-2)19(15)23)20-13-8-28-21(14(13)9-27-20)12-6-17(26-3)22-18(7-12)29-10-30-22/h4-7,13-14,20-21,23H,8-10H2,1-3H3. The Hall–Kier alpha value is -2.84. The van der Waals surface area contributed by atoms with Crippen LogP contribution in [0.1, 0.15) is 23.3 Å². The summed E-state index contributed by atoms with van der Waals surface area (Å²) in [5, 5.41) is 10.2. The fourth-order valence-corrected chi connectivity index (χ4v) is 4.63. The molecule has 0 amide bonds. The summed E-state index contributed by atoms with van der Waals surface area (Å²) in [5.74, 6) is 2.94. The van der Waals surface area contributed by atoms with E-state index in [1.165, 1.54) is 14.2 Å². The van der Waals surface area contributed by atoms with Crippen LogP contribution >= 0.6 is 0 Å². The molecule has 3 heterocycles. The van der Waals surface area contributed by atoms with E-state index < -0.39 is 0 Å². The first-order valence-electron chi connectivity index (χ1n) is 9.80. The maximum atomic E-state index is 10.2. The van der Waals surface area contributed by atoms with E-state index in [0.29, 0.717) is 42.0 Å². The van der Waals surface area contributed by atoms with Crippen LogP contribution in [0.5, 0.6) is 34.5 Å². The van der Waals surface area contributed by atoms with Gasteiger partial charge in [0.15, 0.2) is 23.0 Å². The van der Waals surface area contributed by atoms with Gasteiger partial charge in [-0.3, -0.25) is 0 Å². The predicted molar refractivity (Wildman–Crippen MR) is 105 cm³/mol. The van der Waals surface area contributed by atoms with Gasteiger partial charge in [0.25, 0.3) is 0 Å². The van der Waals surface area contributed by atoms with Gasteiger partial charge in [0, 0.05) is 11.8 Å². The van der Waals surface area contributed by atoms with E-state index in [-0.39, 0.29) is 36.6 Å². The summed E-state index contributed by atoms with van der Waals surface area (Å²) in [6, 6.07) is 7.49. The van der Waals surface area contributed by atoms with Gasteiger partial charge in [-0.25, -0.2) is 0 Å². The van der Waals surface area contributed by atoms with Crippen LogP contribution < -0.4 is 23.7 Å². The second-order valence-corrected chi connectivity index (χ2v) is 7.57. The van der Waals surface area contributed by atoms with Crippen molar-refractivity contribution < 1.29 is 38.3 Å². The third-order valence-electron chi connectivity index (χ3n) is 6.10. The van der Waals surface area contributed by atoms with Crippen molar-refractivity contribution in [1.29, 1.82) is 0 Å². The number of aromatic hydroxyl groups is 1. The number of hydrogen-bond acceptors (Lipinski definition) is 8. The van der Waals surface area contributed by atoms with Crippen LogP contribution in [0.4, 0.5) is 0 Å². The average molecular weight is 416 g/mol. The van der Waals surface area contributed by atoms with Crippen LogP contribution in [0.15, 0.2) is 24.3 Å². The Bertz CT molecular complexity index is 905. The monoisotopic (exact) mass is 416 g/mol. The van der Waals surface area contributed by atoms with Gasteiger partial charge < -0.3 is 38.3 Å². The lowest BCUT2D eigenvalue weighted by molar-refractivity contribution is 0.0190. The van der Waals surface area contributed by atoms with Crippen molar-refractivity contribution in [2.75, 3.05) is 41.3 Å². The van der Waals surface area contributed by atoms with E-state index in [0.717, 1.165) is 11.1 Å². The number of methoxy groups -OCH3 is 3. The Kier molecular flexibility index (Phi) is 4.75. The Morgan fingerprint density at radius 3 is 1.87 bits per heavy atom. The summed E-state index contributed by atoms with van der Waals surface area (Å²) in [7, 11) is 4.64. The van der Waals surface area contributed by atoms with Gasteiger partial charge in [-0.1, -0.05) is 0 Å². The molecule has 0 aromatic heterocycles. The maximum Gasteiger partial charge on any atom is 0.231 e. The maximum absolute atomic E-state index is 10.2. The van der Waals surface area contributed by atoms with Crippen LogP contribution in [-0.2, 0) is 9.47 Å². The second kappa shape index (κ2) is 7.45. The largest absolute Gasteiger partial charge is 0.502 e. The highest BCUT2D eigenvalue weighted by Gasteiger charge is 2.48. The highest BCUT2D eigenvalue weighted by Crippen LogP contribution is 2.53. The van der Waals surface area contributed by atoms with E-state index in [9.17, 15) is 5.11 Å². The molecule has 160 valence electrons. The lowest BCUT2D eigenvalue weighted by atomic mass is 9.84. The molecule has 0 aliphatic carbocycles. The minimum atomic E-state index is -0.181. The van der Waals surface area contributed by atoms with Gasteiger partial charge in [0.1, 0.15) is 0 Å². The van der Waals surface area contributed by atoms with Crippen LogP contribution in [0.3, 0.4) is 0 Å². The molecule has 0 spiro atoms. The van der Waals surface area contributed by atoms with E-state index in [1.807, 2.05) is 12.1 Å².